The number of benzene rings is 1. The molecule has 2 N–H and O–H groups in total. The molecule has 6 nitrogen and oxygen atoms in total. The van der Waals surface area contributed by atoms with Crippen LogP contribution in [-0.2, 0) is 10.2 Å². The summed E-state index contributed by atoms with van der Waals surface area (Å²) in [6, 6.07) is 6.84. The van der Waals surface area contributed by atoms with E-state index in [-0.39, 0.29) is 5.56 Å². The average molecular weight is 307 g/mol. The second-order valence-corrected chi connectivity index (χ2v) is 6.97. The molecule has 1 saturated heterocycles. The normalized spacial score (nSPS) is 16.4. The van der Waals surface area contributed by atoms with Crippen molar-refractivity contribution in [3.05, 3.63) is 40.2 Å². The number of pyridine rings is 1. The molecule has 0 saturated carbocycles. The lowest BCUT2D eigenvalue weighted by molar-refractivity contribution is 0.482. The Bertz CT molecular complexity index is 836. The lowest BCUT2D eigenvalue weighted by Gasteiger charge is -2.17. The number of H-pyrrole nitrogens is 1. The summed E-state index contributed by atoms with van der Waals surface area (Å²) in [5, 5.41) is 0.800. The van der Waals surface area contributed by atoms with Crippen molar-refractivity contribution in [2.24, 2.45) is 0 Å². The Morgan fingerprint density at radius 1 is 1.19 bits per heavy atom. The number of nitrogens with one attached hydrogen (secondary N) is 2. The first-order valence-corrected chi connectivity index (χ1v) is 8.31. The van der Waals surface area contributed by atoms with Crippen LogP contribution in [0.2, 0.25) is 0 Å². The van der Waals surface area contributed by atoms with Crippen molar-refractivity contribution in [1.82, 2.24) is 9.29 Å². The predicted molar refractivity (Wildman–Crippen MR) is 82.7 cm³/mol. The van der Waals surface area contributed by atoms with Crippen LogP contribution in [0, 0.1) is 6.92 Å². The Hall–Kier alpha value is -1.86. The van der Waals surface area contributed by atoms with Crippen molar-refractivity contribution in [2.45, 2.75) is 19.8 Å². The highest BCUT2D eigenvalue weighted by molar-refractivity contribution is 7.90. The van der Waals surface area contributed by atoms with Gasteiger partial charge in [-0.2, -0.15) is 12.7 Å². The summed E-state index contributed by atoms with van der Waals surface area (Å²) < 4.78 is 28.5. The SMILES string of the molecule is Cc1cc2cc(NS(=O)(=O)N3CCCC3)ccc2[nH]c1=O. The first kappa shape index (κ1) is 14.1. The fraction of sp³-hybridized carbons (Fsp3) is 0.357. The number of hydrogen-bond donors (Lipinski definition) is 2. The van der Waals surface area contributed by atoms with Crippen molar-refractivity contribution in [2.75, 3.05) is 17.8 Å². The second-order valence-electron chi connectivity index (χ2n) is 5.30. The van der Waals surface area contributed by atoms with Gasteiger partial charge in [0.2, 0.25) is 0 Å². The number of fused-ring (bicyclic) bond motifs is 1. The van der Waals surface area contributed by atoms with E-state index in [0.717, 1.165) is 18.2 Å². The van der Waals surface area contributed by atoms with Gasteiger partial charge in [-0.15, -0.1) is 0 Å². The lowest BCUT2D eigenvalue weighted by atomic mass is 10.1. The molecule has 112 valence electrons. The van der Waals surface area contributed by atoms with Crippen LogP contribution in [0.1, 0.15) is 18.4 Å². The molecule has 0 aliphatic carbocycles. The molecule has 7 heteroatoms. The van der Waals surface area contributed by atoms with Gasteiger partial charge in [0.1, 0.15) is 0 Å². The molecular formula is C14H17N3O3S. The maximum absolute atomic E-state index is 12.2. The highest BCUT2D eigenvalue weighted by atomic mass is 32.2. The Labute approximate surface area is 123 Å². The first-order chi connectivity index (χ1) is 9.95. The summed E-state index contributed by atoms with van der Waals surface area (Å²) >= 11 is 0. The molecule has 0 unspecified atom stereocenters. The third-order valence-electron chi connectivity index (χ3n) is 3.68. The second kappa shape index (κ2) is 5.16. The summed E-state index contributed by atoms with van der Waals surface area (Å²) in [7, 11) is -3.49. The Kier molecular flexibility index (Phi) is 3.46. The van der Waals surface area contributed by atoms with E-state index in [1.807, 2.05) is 0 Å². The fourth-order valence-corrected chi connectivity index (χ4v) is 3.81. The lowest BCUT2D eigenvalue weighted by Crippen LogP contribution is -2.33. The van der Waals surface area contributed by atoms with E-state index in [9.17, 15) is 13.2 Å². The molecule has 0 spiro atoms. The van der Waals surface area contributed by atoms with Crippen molar-refractivity contribution >= 4 is 26.8 Å². The van der Waals surface area contributed by atoms with E-state index in [4.69, 9.17) is 0 Å². The van der Waals surface area contributed by atoms with Crippen LogP contribution in [0.15, 0.2) is 29.1 Å². The summed E-state index contributed by atoms with van der Waals surface area (Å²) in [5.41, 5.74) is 1.66. The van der Waals surface area contributed by atoms with Crippen LogP contribution in [0.3, 0.4) is 0 Å². The molecular weight excluding hydrogens is 290 g/mol. The quantitative estimate of drug-likeness (QED) is 0.903. The number of rotatable bonds is 3. The number of aromatic nitrogens is 1. The molecule has 1 aromatic heterocycles. The van der Waals surface area contributed by atoms with Crippen molar-refractivity contribution in [3.8, 4) is 0 Å². The molecule has 2 heterocycles. The summed E-state index contributed by atoms with van der Waals surface area (Å²) in [5.74, 6) is 0. The number of aryl methyl sites for hydroxylation is 1. The Morgan fingerprint density at radius 2 is 1.90 bits per heavy atom. The molecule has 21 heavy (non-hydrogen) atoms. The highest BCUT2D eigenvalue weighted by Gasteiger charge is 2.25. The van der Waals surface area contributed by atoms with Gasteiger partial charge in [0.15, 0.2) is 0 Å². The van der Waals surface area contributed by atoms with Crippen molar-refractivity contribution < 1.29 is 8.42 Å². The standard InChI is InChI=1S/C14H17N3O3S/c1-10-8-11-9-12(4-5-13(11)15-14(10)18)16-21(19,20)17-6-2-3-7-17/h4-5,8-9,16H,2-3,6-7H2,1H3,(H,15,18). The molecule has 1 fully saturated rings. The van der Waals surface area contributed by atoms with Gasteiger partial charge >= 0.3 is 10.2 Å². The third-order valence-corrected chi connectivity index (χ3v) is 5.22. The van der Waals surface area contributed by atoms with Crippen LogP contribution >= 0.6 is 0 Å². The monoisotopic (exact) mass is 307 g/mol. The number of hydrogen-bond acceptors (Lipinski definition) is 3. The summed E-state index contributed by atoms with van der Waals surface area (Å²) in [4.78, 5) is 14.3. The van der Waals surface area contributed by atoms with E-state index in [1.54, 1.807) is 31.2 Å². The highest BCUT2D eigenvalue weighted by Crippen LogP contribution is 2.20. The maximum Gasteiger partial charge on any atom is 0.301 e. The minimum absolute atomic E-state index is 0.132. The zero-order valence-electron chi connectivity index (χ0n) is 11.7. The van der Waals surface area contributed by atoms with Crippen LogP contribution in [0.4, 0.5) is 5.69 Å². The largest absolute Gasteiger partial charge is 0.322 e. The van der Waals surface area contributed by atoms with E-state index in [2.05, 4.69) is 9.71 Å². The van der Waals surface area contributed by atoms with Gasteiger partial charge in [0.05, 0.1) is 5.69 Å². The van der Waals surface area contributed by atoms with Gasteiger partial charge in [-0.1, -0.05) is 0 Å². The zero-order chi connectivity index (χ0) is 15.0. The minimum atomic E-state index is -3.49. The first-order valence-electron chi connectivity index (χ1n) is 6.87. The third kappa shape index (κ3) is 2.79. The topological polar surface area (TPSA) is 82.3 Å². The molecule has 0 radical (unpaired) electrons. The van der Waals surface area contributed by atoms with Gasteiger partial charge in [0.25, 0.3) is 5.56 Å². The smallest absolute Gasteiger partial charge is 0.301 e. The van der Waals surface area contributed by atoms with Crippen LogP contribution < -0.4 is 10.3 Å². The molecule has 0 bridgehead atoms. The Morgan fingerprint density at radius 3 is 2.62 bits per heavy atom. The Balaban J connectivity index is 1.94. The van der Waals surface area contributed by atoms with E-state index < -0.39 is 10.2 Å². The van der Waals surface area contributed by atoms with E-state index in [0.29, 0.717) is 29.9 Å². The molecule has 1 aromatic carbocycles. The van der Waals surface area contributed by atoms with Crippen molar-refractivity contribution in [1.29, 1.82) is 0 Å². The number of aromatic amines is 1. The van der Waals surface area contributed by atoms with Crippen LogP contribution in [0.5, 0.6) is 0 Å². The molecule has 0 amide bonds. The summed E-state index contributed by atoms with van der Waals surface area (Å²) in [6.07, 6.45) is 1.80. The van der Waals surface area contributed by atoms with Crippen LogP contribution in [-0.4, -0.2) is 30.8 Å². The van der Waals surface area contributed by atoms with Gasteiger partial charge in [-0.05, 0) is 44.0 Å². The maximum atomic E-state index is 12.2. The van der Waals surface area contributed by atoms with Gasteiger partial charge in [-0.3, -0.25) is 9.52 Å². The van der Waals surface area contributed by atoms with Crippen molar-refractivity contribution in [3.63, 3.8) is 0 Å². The van der Waals surface area contributed by atoms with Crippen LogP contribution in [0.25, 0.3) is 10.9 Å². The average Bonchev–Trinajstić information content (AvgIpc) is 2.95. The van der Waals surface area contributed by atoms with Gasteiger partial charge in [0, 0.05) is 29.6 Å². The zero-order valence-corrected chi connectivity index (χ0v) is 12.5. The molecule has 0 atom stereocenters. The van der Waals surface area contributed by atoms with Gasteiger partial charge < -0.3 is 4.98 Å². The van der Waals surface area contributed by atoms with Gasteiger partial charge in [-0.25, -0.2) is 0 Å². The molecule has 1 aliphatic heterocycles. The van der Waals surface area contributed by atoms with E-state index >= 15 is 0 Å². The predicted octanol–water partition coefficient (Wildman–Crippen LogP) is 1.59. The van der Waals surface area contributed by atoms with E-state index in [1.165, 1.54) is 4.31 Å². The number of nitrogens with zero attached hydrogens (tertiary/aromatic N) is 1. The number of anilines is 1. The molecule has 1 aliphatic rings. The minimum Gasteiger partial charge on any atom is -0.322 e. The summed E-state index contributed by atoms with van der Waals surface area (Å²) in [6.45, 7) is 2.85. The fourth-order valence-electron chi connectivity index (χ4n) is 2.52. The molecule has 2 aromatic rings. The molecule has 3 rings (SSSR count).